The Labute approximate surface area is 123 Å². The number of hydrazine groups is 1. The maximum Gasteiger partial charge on any atom is 0.270 e. The van der Waals surface area contributed by atoms with Gasteiger partial charge in [0.1, 0.15) is 0 Å². The molecule has 2 aromatic rings. The van der Waals surface area contributed by atoms with Crippen molar-refractivity contribution < 1.29 is 14.3 Å². The number of halogens is 1. The Kier molecular flexibility index (Phi) is 4.31. The molecule has 0 aliphatic rings. The Morgan fingerprint density at radius 1 is 1.00 bits per heavy atom. The van der Waals surface area contributed by atoms with Gasteiger partial charge in [0.15, 0.2) is 12.4 Å². The van der Waals surface area contributed by atoms with Crippen molar-refractivity contribution in [1.82, 2.24) is 10.9 Å². The summed E-state index contributed by atoms with van der Waals surface area (Å²) in [5.41, 5.74) is 5.24. The number of pyridine rings is 1. The quantitative estimate of drug-likeness (QED) is 0.490. The summed E-state index contributed by atoms with van der Waals surface area (Å²) in [7, 11) is 0. The minimum Gasteiger partial charge on any atom is -0.619 e. The second-order valence-electron chi connectivity index (χ2n) is 3.83. The molecule has 102 valence electrons. The van der Waals surface area contributed by atoms with Crippen LogP contribution in [0.1, 0.15) is 20.7 Å². The lowest BCUT2D eigenvalue weighted by Crippen LogP contribution is -2.42. The first-order valence-corrected chi connectivity index (χ1v) is 6.41. The van der Waals surface area contributed by atoms with Crippen LogP contribution in [0.2, 0.25) is 0 Å². The third-order valence-corrected chi connectivity index (χ3v) is 3.16. The van der Waals surface area contributed by atoms with Crippen LogP contribution in [0.4, 0.5) is 0 Å². The predicted molar refractivity (Wildman–Crippen MR) is 74.5 cm³/mol. The Hall–Kier alpha value is -2.41. The predicted octanol–water partition coefficient (Wildman–Crippen LogP) is 1.16. The number of hydrogen-bond donors (Lipinski definition) is 2. The van der Waals surface area contributed by atoms with Crippen molar-refractivity contribution in [3.63, 3.8) is 0 Å². The average molecular weight is 336 g/mol. The fourth-order valence-electron chi connectivity index (χ4n) is 1.46. The van der Waals surface area contributed by atoms with Crippen LogP contribution in [0.15, 0.2) is 53.3 Å². The third-order valence-electron chi connectivity index (χ3n) is 2.47. The fourth-order valence-corrected chi connectivity index (χ4v) is 1.93. The van der Waals surface area contributed by atoms with E-state index in [1.54, 1.807) is 24.3 Å². The molecule has 1 aromatic heterocycles. The number of carbonyl (C=O) groups is 2. The van der Waals surface area contributed by atoms with Gasteiger partial charge in [0, 0.05) is 16.6 Å². The van der Waals surface area contributed by atoms with Gasteiger partial charge in [0.2, 0.25) is 0 Å². The molecule has 0 aliphatic carbocycles. The van der Waals surface area contributed by atoms with E-state index in [1.807, 2.05) is 0 Å². The van der Waals surface area contributed by atoms with Crippen LogP contribution in [0, 0.1) is 5.21 Å². The monoisotopic (exact) mass is 335 g/mol. The molecular weight excluding hydrogens is 326 g/mol. The first kappa shape index (κ1) is 14.0. The molecular formula is C13H10BrN3O3. The number of nitrogens with zero attached hydrogens (tertiary/aromatic N) is 1. The summed E-state index contributed by atoms with van der Waals surface area (Å²) in [5, 5.41) is 10.8. The third kappa shape index (κ3) is 3.33. The number of carbonyl (C=O) groups excluding carboxylic acids is 2. The Bertz CT molecular complexity index is 644. The summed E-state index contributed by atoms with van der Waals surface area (Å²) < 4.78 is 1.19. The van der Waals surface area contributed by atoms with E-state index in [1.165, 1.54) is 24.5 Å². The number of aromatic nitrogens is 1. The summed E-state index contributed by atoms with van der Waals surface area (Å²) in [6.45, 7) is 0. The average Bonchev–Trinajstić information content (AvgIpc) is 2.45. The highest BCUT2D eigenvalue weighted by atomic mass is 79.9. The van der Waals surface area contributed by atoms with E-state index in [9.17, 15) is 14.8 Å². The summed E-state index contributed by atoms with van der Waals surface area (Å²) in [5.74, 6) is -0.952. The van der Waals surface area contributed by atoms with Crippen molar-refractivity contribution in [2.24, 2.45) is 0 Å². The first-order chi connectivity index (χ1) is 9.58. The van der Waals surface area contributed by atoms with E-state index in [-0.39, 0.29) is 5.56 Å². The molecule has 0 saturated heterocycles. The molecule has 1 aromatic carbocycles. The summed E-state index contributed by atoms with van der Waals surface area (Å²) in [6, 6.07) is 9.54. The van der Waals surface area contributed by atoms with Gasteiger partial charge < -0.3 is 5.21 Å². The molecule has 2 rings (SSSR count). The molecule has 0 unspecified atom stereocenters. The van der Waals surface area contributed by atoms with E-state index in [4.69, 9.17) is 0 Å². The van der Waals surface area contributed by atoms with Gasteiger partial charge in [-0.25, -0.2) is 0 Å². The highest BCUT2D eigenvalue weighted by Crippen LogP contribution is 2.15. The van der Waals surface area contributed by atoms with Crippen LogP contribution in [-0.4, -0.2) is 11.8 Å². The minimum atomic E-state index is -0.508. The number of nitrogens with one attached hydrogen (secondary N) is 2. The van der Waals surface area contributed by atoms with Crippen molar-refractivity contribution >= 4 is 27.7 Å². The normalized spacial score (nSPS) is 9.85. The van der Waals surface area contributed by atoms with E-state index >= 15 is 0 Å². The van der Waals surface area contributed by atoms with Crippen molar-refractivity contribution in [2.45, 2.75) is 0 Å². The van der Waals surface area contributed by atoms with Gasteiger partial charge in [-0.1, -0.05) is 12.1 Å². The summed E-state index contributed by atoms with van der Waals surface area (Å²) >= 11 is 3.25. The standard InChI is InChI=1S/C13H10BrN3O3/c14-11-4-2-1-3-10(11)13(19)16-15-12(18)9-5-7-17(20)8-6-9/h1-8H,(H,15,18)(H,16,19). The van der Waals surface area contributed by atoms with Gasteiger partial charge in [-0.05, 0) is 28.1 Å². The van der Waals surface area contributed by atoms with Gasteiger partial charge in [0.25, 0.3) is 11.8 Å². The molecule has 0 spiro atoms. The zero-order chi connectivity index (χ0) is 14.5. The molecule has 0 fully saturated rings. The molecule has 2 N–H and O–H groups in total. The van der Waals surface area contributed by atoms with Gasteiger partial charge >= 0.3 is 0 Å². The first-order valence-electron chi connectivity index (χ1n) is 5.62. The van der Waals surface area contributed by atoms with E-state index in [0.29, 0.717) is 14.8 Å². The van der Waals surface area contributed by atoms with Crippen LogP contribution < -0.4 is 15.6 Å². The Morgan fingerprint density at radius 2 is 1.60 bits per heavy atom. The SMILES string of the molecule is O=C(NNC(=O)c1ccccc1Br)c1cc[n+]([O-])cc1. The van der Waals surface area contributed by atoms with Crippen LogP contribution in [0.5, 0.6) is 0 Å². The van der Waals surface area contributed by atoms with Crippen molar-refractivity contribution in [2.75, 3.05) is 0 Å². The van der Waals surface area contributed by atoms with Gasteiger partial charge in [-0.3, -0.25) is 20.4 Å². The molecule has 20 heavy (non-hydrogen) atoms. The molecule has 0 saturated carbocycles. The lowest BCUT2D eigenvalue weighted by molar-refractivity contribution is -0.605. The topological polar surface area (TPSA) is 85.1 Å². The van der Waals surface area contributed by atoms with E-state index < -0.39 is 11.8 Å². The van der Waals surface area contributed by atoms with E-state index in [0.717, 1.165) is 0 Å². The zero-order valence-corrected chi connectivity index (χ0v) is 11.8. The number of hydrogen-bond acceptors (Lipinski definition) is 3. The second-order valence-corrected chi connectivity index (χ2v) is 4.69. The Morgan fingerprint density at radius 3 is 2.25 bits per heavy atom. The van der Waals surface area contributed by atoms with Crippen LogP contribution in [0.25, 0.3) is 0 Å². The zero-order valence-electron chi connectivity index (χ0n) is 10.2. The highest BCUT2D eigenvalue weighted by Gasteiger charge is 2.11. The van der Waals surface area contributed by atoms with Crippen LogP contribution >= 0.6 is 15.9 Å². The highest BCUT2D eigenvalue weighted by molar-refractivity contribution is 9.10. The molecule has 1 heterocycles. The van der Waals surface area contributed by atoms with Gasteiger partial charge in [0.05, 0.1) is 11.1 Å². The number of benzene rings is 1. The molecule has 6 nitrogen and oxygen atoms in total. The summed E-state index contributed by atoms with van der Waals surface area (Å²) in [6.07, 6.45) is 2.40. The van der Waals surface area contributed by atoms with Gasteiger partial charge in [-0.15, -0.1) is 0 Å². The second kappa shape index (κ2) is 6.16. The van der Waals surface area contributed by atoms with Crippen LogP contribution in [0.3, 0.4) is 0 Å². The molecule has 0 aliphatic heterocycles. The minimum absolute atomic E-state index is 0.268. The molecule has 2 amide bonds. The maximum atomic E-state index is 11.8. The van der Waals surface area contributed by atoms with Crippen molar-refractivity contribution in [3.05, 3.63) is 69.6 Å². The van der Waals surface area contributed by atoms with Crippen molar-refractivity contribution in [3.8, 4) is 0 Å². The Balaban J connectivity index is 1.99. The smallest absolute Gasteiger partial charge is 0.270 e. The largest absolute Gasteiger partial charge is 0.619 e. The lowest BCUT2D eigenvalue weighted by Gasteiger charge is -2.08. The molecule has 0 bridgehead atoms. The number of amides is 2. The number of rotatable bonds is 2. The summed E-state index contributed by atoms with van der Waals surface area (Å²) in [4.78, 5) is 23.6. The van der Waals surface area contributed by atoms with Gasteiger partial charge in [-0.2, -0.15) is 4.73 Å². The van der Waals surface area contributed by atoms with Crippen molar-refractivity contribution in [1.29, 1.82) is 0 Å². The van der Waals surface area contributed by atoms with Crippen LogP contribution in [-0.2, 0) is 0 Å². The van der Waals surface area contributed by atoms with E-state index in [2.05, 4.69) is 26.8 Å². The fraction of sp³-hybridized carbons (Fsp3) is 0. The lowest BCUT2D eigenvalue weighted by atomic mass is 10.2. The molecule has 7 heteroatoms. The molecule has 0 atom stereocenters. The molecule has 0 radical (unpaired) electrons. The maximum absolute atomic E-state index is 11.8.